The molecule has 0 aromatic heterocycles. The van der Waals surface area contributed by atoms with Crippen LogP contribution in [-0.4, -0.2) is 25.2 Å². The molecule has 162 valence electrons. The first-order valence-corrected chi connectivity index (χ1v) is 12.8. The van der Waals surface area contributed by atoms with Gasteiger partial charge in [-0.05, 0) is 18.2 Å². The zero-order chi connectivity index (χ0) is 22.9. The Hall–Kier alpha value is -2.30. The summed E-state index contributed by atoms with van der Waals surface area (Å²) in [6.07, 6.45) is -4.52. The first kappa shape index (κ1) is 24.0. The highest BCUT2D eigenvalue weighted by Gasteiger charge is 2.32. The minimum atomic E-state index is -4.66. The lowest BCUT2D eigenvalue weighted by Crippen LogP contribution is -2.30. The Balaban J connectivity index is 2.40. The Kier molecular flexibility index (Phi) is 7.05. The molecule has 2 aromatic rings. The molecular formula is C18H16Cl2F3NO5Si. The molecule has 0 spiro atoms. The zero-order valence-corrected chi connectivity index (χ0v) is 18.5. The largest absolute Gasteiger partial charge is 0.466 e. The van der Waals surface area contributed by atoms with Crippen LogP contribution in [0.3, 0.4) is 0 Å². The molecule has 0 aliphatic carbocycles. The van der Waals surface area contributed by atoms with E-state index in [1.54, 1.807) is 0 Å². The number of alkyl halides is 3. The number of benzene rings is 2. The quantitative estimate of drug-likeness (QED) is 0.197. The van der Waals surface area contributed by atoms with Crippen LogP contribution < -0.4 is 4.74 Å². The molecule has 0 saturated carbocycles. The second-order valence-corrected chi connectivity index (χ2v) is 13.7. The van der Waals surface area contributed by atoms with Crippen molar-refractivity contribution in [3.05, 3.63) is 61.6 Å². The summed E-state index contributed by atoms with van der Waals surface area (Å²) in [6.45, 7) is 5.84. The van der Waals surface area contributed by atoms with Crippen molar-refractivity contribution in [1.29, 1.82) is 0 Å². The summed E-state index contributed by atoms with van der Waals surface area (Å²) in [4.78, 5) is 22.9. The minimum absolute atomic E-state index is 0.0934. The average molecular weight is 482 g/mol. The van der Waals surface area contributed by atoms with E-state index in [0.29, 0.717) is 12.1 Å². The predicted octanol–water partition coefficient (Wildman–Crippen LogP) is 6.75. The van der Waals surface area contributed by atoms with Gasteiger partial charge in [0.1, 0.15) is 11.3 Å². The van der Waals surface area contributed by atoms with Crippen molar-refractivity contribution in [2.24, 2.45) is 0 Å². The number of carbonyl (C=O) groups excluding carboxylic acids is 1. The maximum Gasteiger partial charge on any atom is 0.416 e. The van der Waals surface area contributed by atoms with Crippen LogP contribution in [0.1, 0.15) is 15.9 Å². The minimum Gasteiger partial charge on any atom is -0.466 e. The van der Waals surface area contributed by atoms with E-state index in [1.807, 2.05) is 19.6 Å². The van der Waals surface area contributed by atoms with Crippen LogP contribution in [0, 0.1) is 10.1 Å². The van der Waals surface area contributed by atoms with Crippen LogP contribution in [0.5, 0.6) is 11.5 Å². The van der Waals surface area contributed by atoms with Crippen LogP contribution in [0.2, 0.25) is 29.7 Å². The molecule has 0 aliphatic rings. The van der Waals surface area contributed by atoms with Crippen molar-refractivity contribution in [2.75, 3.05) is 6.23 Å². The van der Waals surface area contributed by atoms with Crippen LogP contribution in [0.25, 0.3) is 0 Å². The van der Waals surface area contributed by atoms with Gasteiger partial charge in [-0.2, -0.15) is 13.2 Å². The van der Waals surface area contributed by atoms with E-state index in [9.17, 15) is 28.1 Å². The highest BCUT2D eigenvalue weighted by Crippen LogP contribution is 2.42. The maximum absolute atomic E-state index is 12.9. The normalized spacial score (nSPS) is 11.9. The molecule has 0 unspecified atom stereocenters. The van der Waals surface area contributed by atoms with Crippen LogP contribution in [0.15, 0.2) is 30.3 Å². The van der Waals surface area contributed by atoms with E-state index >= 15 is 0 Å². The Labute approximate surface area is 180 Å². The lowest BCUT2D eigenvalue weighted by Gasteiger charge is -2.16. The molecule has 0 radical (unpaired) electrons. The van der Waals surface area contributed by atoms with Gasteiger partial charge in [0, 0.05) is 12.1 Å². The van der Waals surface area contributed by atoms with Crippen molar-refractivity contribution >= 4 is 42.9 Å². The molecule has 0 saturated heterocycles. The molecule has 0 N–H and O–H groups in total. The van der Waals surface area contributed by atoms with Gasteiger partial charge in [0.15, 0.2) is 5.75 Å². The number of nitro groups is 1. The number of nitro benzene ring substituents is 1. The average Bonchev–Trinajstić information content (AvgIpc) is 2.60. The fourth-order valence-corrected chi connectivity index (χ4v) is 3.33. The van der Waals surface area contributed by atoms with Crippen molar-refractivity contribution in [3.63, 3.8) is 0 Å². The summed E-state index contributed by atoms with van der Waals surface area (Å²) in [5, 5.41) is 10.4. The molecule has 0 atom stereocenters. The van der Waals surface area contributed by atoms with Gasteiger partial charge in [-0.1, -0.05) is 42.8 Å². The Morgan fingerprint density at radius 3 is 2.17 bits per heavy atom. The maximum atomic E-state index is 12.9. The first-order valence-electron chi connectivity index (χ1n) is 8.39. The zero-order valence-electron chi connectivity index (χ0n) is 16.0. The van der Waals surface area contributed by atoms with Crippen molar-refractivity contribution in [2.45, 2.75) is 25.8 Å². The molecule has 12 heteroatoms. The van der Waals surface area contributed by atoms with E-state index in [1.165, 1.54) is 0 Å². The van der Waals surface area contributed by atoms with Crippen LogP contribution in [0.4, 0.5) is 18.9 Å². The van der Waals surface area contributed by atoms with Gasteiger partial charge < -0.3 is 9.47 Å². The van der Waals surface area contributed by atoms with Crippen molar-refractivity contribution < 1.29 is 32.4 Å². The number of ether oxygens (including phenoxy) is 2. The lowest BCUT2D eigenvalue weighted by molar-refractivity contribution is -0.385. The fourth-order valence-electron chi connectivity index (χ4n) is 2.20. The monoisotopic (exact) mass is 481 g/mol. The molecule has 0 fully saturated rings. The smallest absolute Gasteiger partial charge is 0.416 e. The van der Waals surface area contributed by atoms with E-state index in [0.717, 1.165) is 18.2 Å². The number of nitrogens with zero attached hydrogens (tertiary/aromatic N) is 1. The van der Waals surface area contributed by atoms with Gasteiger partial charge >= 0.3 is 12.1 Å². The highest BCUT2D eigenvalue weighted by molar-refractivity contribution is 6.76. The standard InChI is InChI=1S/C18H16Cl2F3NO5Si/c1-30(2,3)9-28-17(25)12-8-11(4-5-15(12)24(26)27)29-16-13(19)6-10(7-14(16)20)18(21,22)23/h4-8H,9H2,1-3H3. The SMILES string of the molecule is C[Si](C)(C)COC(=O)c1cc(Oc2c(Cl)cc(C(F)(F)F)cc2Cl)ccc1[N+](=O)[O-]. The van der Waals surface area contributed by atoms with Crippen LogP contribution >= 0.6 is 23.2 Å². The third-order valence-electron chi connectivity index (χ3n) is 3.57. The summed E-state index contributed by atoms with van der Waals surface area (Å²) in [5.74, 6) is -1.30. The third kappa shape index (κ3) is 6.10. The Bertz CT molecular complexity index is 970. The molecule has 0 heterocycles. The lowest BCUT2D eigenvalue weighted by atomic mass is 10.1. The van der Waals surface area contributed by atoms with Gasteiger partial charge in [-0.3, -0.25) is 10.1 Å². The second kappa shape index (κ2) is 8.82. The number of halogens is 5. The fraction of sp³-hybridized carbons (Fsp3) is 0.278. The molecule has 6 nitrogen and oxygen atoms in total. The Morgan fingerprint density at radius 2 is 1.70 bits per heavy atom. The van der Waals surface area contributed by atoms with Crippen LogP contribution in [-0.2, 0) is 10.9 Å². The van der Waals surface area contributed by atoms with Gasteiger partial charge in [0.05, 0.1) is 34.8 Å². The number of hydrogen-bond donors (Lipinski definition) is 0. The molecular weight excluding hydrogens is 466 g/mol. The van der Waals surface area contributed by atoms with E-state index in [4.69, 9.17) is 32.7 Å². The van der Waals surface area contributed by atoms with Gasteiger partial charge in [0.25, 0.3) is 5.69 Å². The molecule has 2 rings (SSSR count). The van der Waals surface area contributed by atoms with Gasteiger partial charge in [-0.15, -0.1) is 0 Å². The molecule has 0 aliphatic heterocycles. The molecule has 0 bridgehead atoms. The van der Waals surface area contributed by atoms with E-state index in [-0.39, 0.29) is 23.3 Å². The summed E-state index contributed by atoms with van der Waals surface area (Å²) >= 11 is 11.7. The number of hydrogen-bond acceptors (Lipinski definition) is 5. The topological polar surface area (TPSA) is 78.7 Å². The first-order chi connectivity index (χ1) is 13.7. The van der Waals surface area contributed by atoms with Gasteiger partial charge in [-0.25, -0.2) is 4.79 Å². The summed E-state index contributed by atoms with van der Waals surface area (Å²) < 4.78 is 49.2. The number of carbonyl (C=O) groups is 1. The Morgan fingerprint density at radius 1 is 1.13 bits per heavy atom. The van der Waals surface area contributed by atoms with Crippen molar-refractivity contribution in [1.82, 2.24) is 0 Å². The molecule has 0 amide bonds. The van der Waals surface area contributed by atoms with E-state index in [2.05, 4.69) is 0 Å². The summed E-state index contributed by atoms with van der Waals surface area (Å²) in [6, 6.07) is 4.51. The second-order valence-electron chi connectivity index (χ2n) is 7.44. The summed E-state index contributed by atoms with van der Waals surface area (Å²) in [5.41, 5.74) is -1.94. The van der Waals surface area contributed by atoms with Gasteiger partial charge in [0.2, 0.25) is 0 Å². The highest BCUT2D eigenvalue weighted by atomic mass is 35.5. The third-order valence-corrected chi connectivity index (χ3v) is 5.14. The molecule has 2 aromatic carbocycles. The van der Waals surface area contributed by atoms with E-state index < -0.39 is 46.4 Å². The number of rotatable bonds is 6. The predicted molar refractivity (Wildman–Crippen MR) is 108 cm³/mol. The molecule has 30 heavy (non-hydrogen) atoms. The summed E-state index contributed by atoms with van der Waals surface area (Å²) in [7, 11) is -1.78. The van der Waals surface area contributed by atoms with Crippen molar-refractivity contribution in [3.8, 4) is 11.5 Å². The number of esters is 1.